The standard InChI is InChI=1S/C13H15BrF2IN/c14-11-4-3-10(17)6-12(11)18-8-9-2-1-5-13(15,16)7-9/h3-4,6,9,18H,1-2,5,7-8H2. The van der Waals surface area contributed by atoms with Crippen LogP contribution in [0, 0.1) is 9.49 Å². The van der Waals surface area contributed by atoms with Gasteiger partial charge in [0.15, 0.2) is 0 Å². The number of halogens is 4. The fourth-order valence-corrected chi connectivity index (χ4v) is 3.22. The van der Waals surface area contributed by atoms with Gasteiger partial charge in [0.1, 0.15) is 0 Å². The van der Waals surface area contributed by atoms with Crippen LogP contribution in [0.15, 0.2) is 22.7 Å². The number of alkyl halides is 2. The molecule has 2 rings (SSSR count). The van der Waals surface area contributed by atoms with Crippen molar-refractivity contribution in [1.82, 2.24) is 0 Å². The predicted octanol–water partition coefficient (Wildman–Crippen LogP) is 5.29. The van der Waals surface area contributed by atoms with E-state index in [4.69, 9.17) is 0 Å². The molecule has 1 aliphatic carbocycles. The molecule has 0 heterocycles. The van der Waals surface area contributed by atoms with Gasteiger partial charge in [-0.25, -0.2) is 8.78 Å². The first-order chi connectivity index (χ1) is 8.46. The van der Waals surface area contributed by atoms with Crippen LogP contribution in [0.1, 0.15) is 25.7 Å². The summed E-state index contributed by atoms with van der Waals surface area (Å²) >= 11 is 5.70. The molecule has 1 saturated carbocycles. The van der Waals surface area contributed by atoms with Crippen LogP contribution >= 0.6 is 38.5 Å². The topological polar surface area (TPSA) is 12.0 Å². The summed E-state index contributed by atoms with van der Waals surface area (Å²) in [6.07, 6.45) is 1.59. The van der Waals surface area contributed by atoms with Gasteiger partial charge >= 0.3 is 0 Å². The lowest BCUT2D eigenvalue weighted by Crippen LogP contribution is -2.29. The number of hydrogen-bond donors (Lipinski definition) is 1. The quantitative estimate of drug-likeness (QED) is 0.643. The Labute approximate surface area is 128 Å². The van der Waals surface area contributed by atoms with Gasteiger partial charge in [0.25, 0.3) is 0 Å². The van der Waals surface area contributed by atoms with Gasteiger partial charge in [-0.15, -0.1) is 0 Å². The molecule has 1 fully saturated rings. The van der Waals surface area contributed by atoms with E-state index < -0.39 is 5.92 Å². The predicted molar refractivity (Wildman–Crippen MR) is 82.3 cm³/mol. The summed E-state index contributed by atoms with van der Waals surface area (Å²) in [5, 5.41) is 3.28. The number of benzene rings is 1. The Kier molecular flexibility index (Phi) is 4.86. The summed E-state index contributed by atoms with van der Waals surface area (Å²) in [6, 6.07) is 6.00. The molecule has 0 spiro atoms. The highest BCUT2D eigenvalue weighted by Crippen LogP contribution is 2.37. The zero-order chi connectivity index (χ0) is 13.2. The third-order valence-corrected chi connectivity index (χ3v) is 4.61. The molecular formula is C13H15BrF2IN. The maximum absolute atomic E-state index is 13.3. The van der Waals surface area contributed by atoms with Crippen LogP contribution in [0.25, 0.3) is 0 Å². The van der Waals surface area contributed by atoms with Gasteiger partial charge in [0, 0.05) is 33.1 Å². The molecule has 18 heavy (non-hydrogen) atoms. The molecule has 1 aromatic carbocycles. The van der Waals surface area contributed by atoms with Crippen molar-refractivity contribution in [3.05, 3.63) is 26.2 Å². The van der Waals surface area contributed by atoms with Crippen LogP contribution in [0.2, 0.25) is 0 Å². The average Bonchev–Trinajstić information content (AvgIpc) is 2.29. The maximum atomic E-state index is 13.3. The van der Waals surface area contributed by atoms with Gasteiger partial charge in [-0.05, 0) is 75.5 Å². The van der Waals surface area contributed by atoms with E-state index in [2.05, 4.69) is 43.8 Å². The van der Waals surface area contributed by atoms with Crippen molar-refractivity contribution in [1.29, 1.82) is 0 Å². The second kappa shape index (κ2) is 6.03. The van der Waals surface area contributed by atoms with E-state index in [0.29, 0.717) is 13.0 Å². The molecular weight excluding hydrogens is 415 g/mol. The normalized spacial score (nSPS) is 22.8. The summed E-state index contributed by atoms with van der Waals surface area (Å²) in [5.41, 5.74) is 0.982. The highest BCUT2D eigenvalue weighted by atomic mass is 127. The summed E-state index contributed by atoms with van der Waals surface area (Å²) in [5.74, 6) is -2.40. The Morgan fingerprint density at radius 1 is 1.44 bits per heavy atom. The number of anilines is 1. The van der Waals surface area contributed by atoms with Gasteiger partial charge in [0.2, 0.25) is 5.92 Å². The van der Waals surface area contributed by atoms with E-state index in [9.17, 15) is 8.78 Å². The molecule has 0 aromatic heterocycles. The molecule has 5 heteroatoms. The highest BCUT2D eigenvalue weighted by molar-refractivity contribution is 14.1. The van der Waals surface area contributed by atoms with Gasteiger partial charge in [-0.3, -0.25) is 0 Å². The molecule has 0 bridgehead atoms. The number of rotatable bonds is 3. The fraction of sp³-hybridized carbons (Fsp3) is 0.538. The van der Waals surface area contributed by atoms with Gasteiger partial charge < -0.3 is 5.32 Å². The molecule has 1 aromatic rings. The molecule has 1 aliphatic rings. The lowest BCUT2D eigenvalue weighted by atomic mass is 9.86. The molecule has 1 unspecified atom stereocenters. The minimum absolute atomic E-state index is 0.0154. The number of nitrogens with one attached hydrogen (secondary N) is 1. The first-order valence-corrected chi connectivity index (χ1v) is 7.90. The summed E-state index contributed by atoms with van der Waals surface area (Å²) in [6.45, 7) is 0.619. The van der Waals surface area contributed by atoms with Crippen molar-refractivity contribution < 1.29 is 8.78 Å². The van der Waals surface area contributed by atoms with Crippen molar-refractivity contribution in [2.24, 2.45) is 5.92 Å². The van der Waals surface area contributed by atoms with Crippen molar-refractivity contribution in [2.75, 3.05) is 11.9 Å². The second-order valence-corrected chi connectivity index (χ2v) is 6.92. The van der Waals surface area contributed by atoms with Crippen molar-refractivity contribution in [2.45, 2.75) is 31.6 Å². The van der Waals surface area contributed by atoms with Crippen LogP contribution in [0.4, 0.5) is 14.5 Å². The minimum Gasteiger partial charge on any atom is -0.384 e. The van der Waals surface area contributed by atoms with Crippen LogP contribution < -0.4 is 5.32 Å². The first-order valence-electron chi connectivity index (χ1n) is 6.03. The van der Waals surface area contributed by atoms with E-state index in [0.717, 1.165) is 20.2 Å². The Morgan fingerprint density at radius 2 is 2.22 bits per heavy atom. The number of hydrogen-bond acceptors (Lipinski definition) is 1. The third-order valence-electron chi connectivity index (χ3n) is 3.25. The molecule has 0 saturated heterocycles. The smallest absolute Gasteiger partial charge is 0.248 e. The lowest BCUT2D eigenvalue weighted by molar-refractivity contribution is -0.0502. The van der Waals surface area contributed by atoms with Crippen LogP contribution in [-0.2, 0) is 0 Å². The van der Waals surface area contributed by atoms with Crippen molar-refractivity contribution in [3.8, 4) is 0 Å². The SMILES string of the molecule is FC1(F)CCCC(CNc2cc(I)ccc2Br)C1. The third kappa shape index (κ3) is 4.05. The Bertz CT molecular complexity index is 425. The summed E-state index contributed by atoms with van der Waals surface area (Å²) < 4.78 is 28.7. The van der Waals surface area contributed by atoms with Crippen LogP contribution in [0.5, 0.6) is 0 Å². The Morgan fingerprint density at radius 3 is 2.94 bits per heavy atom. The van der Waals surface area contributed by atoms with E-state index in [-0.39, 0.29) is 18.8 Å². The van der Waals surface area contributed by atoms with Crippen molar-refractivity contribution in [3.63, 3.8) is 0 Å². The monoisotopic (exact) mass is 429 g/mol. The average molecular weight is 430 g/mol. The largest absolute Gasteiger partial charge is 0.384 e. The van der Waals surface area contributed by atoms with Crippen molar-refractivity contribution >= 4 is 44.2 Å². The molecule has 0 aliphatic heterocycles. The molecule has 0 radical (unpaired) electrons. The molecule has 100 valence electrons. The maximum Gasteiger partial charge on any atom is 0.248 e. The molecule has 1 nitrogen and oxygen atoms in total. The van der Waals surface area contributed by atoms with E-state index >= 15 is 0 Å². The first kappa shape index (κ1) is 14.5. The molecule has 1 atom stereocenters. The summed E-state index contributed by atoms with van der Waals surface area (Å²) in [4.78, 5) is 0. The highest BCUT2D eigenvalue weighted by Gasteiger charge is 2.35. The zero-order valence-corrected chi connectivity index (χ0v) is 13.6. The fourth-order valence-electron chi connectivity index (χ4n) is 2.34. The van der Waals surface area contributed by atoms with E-state index in [1.54, 1.807) is 0 Å². The van der Waals surface area contributed by atoms with E-state index in [1.165, 1.54) is 0 Å². The molecule has 1 N–H and O–H groups in total. The van der Waals surface area contributed by atoms with Gasteiger partial charge in [0.05, 0.1) is 0 Å². The Balaban J connectivity index is 1.93. The molecule has 0 amide bonds. The second-order valence-electron chi connectivity index (χ2n) is 4.82. The van der Waals surface area contributed by atoms with Gasteiger partial charge in [-0.1, -0.05) is 0 Å². The van der Waals surface area contributed by atoms with Crippen LogP contribution in [-0.4, -0.2) is 12.5 Å². The minimum atomic E-state index is -2.47. The summed E-state index contributed by atoms with van der Waals surface area (Å²) in [7, 11) is 0. The Hall–Kier alpha value is 0.0900. The lowest BCUT2D eigenvalue weighted by Gasteiger charge is -2.29. The van der Waals surface area contributed by atoms with E-state index in [1.807, 2.05) is 18.2 Å². The van der Waals surface area contributed by atoms with Gasteiger partial charge in [-0.2, -0.15) is 0 Å². The zero-order valence-electron chi connectivity index (χ0n) is 9.86. The van der Waals surface area contributed by atoms with Crippen LogP contribution in [0.3, 0.4) is 0 Å².